The molecule has 2 aliphatic carbocycles. The number of rotatable bonds is 5. The molecule has 1 saturated heterocycles. The highest BCUT2D eigenvalue weighted by Crippen LogP contribution is 2.52. The smallest absolute Gasteiger partial charge is 0.328 e. The molecule has 1 saturated carbocycles. The van der Waals surface area contributed by atoms with Gasteiger partial charge in [-0.3, -0.25) is 25.0 Å². The van der Waals surface area contributed by atoms with Crippen LogP contribution in [0.2, 0.25) is 0 Å². The van der Waals surface area contributed by atoms with Gasteiger partial charge in [-0.2, -0.15) is 0 Å². The summed E-state index contributed by atoms with van der Waals surface area (Å²) < 4.78 is 5.58. The van der Waals surface area contributed by atoms with E-state index in [0.717, 1.165) is 37.0 Å². The predicted octanol–water partition coefficient (Wildman–Crippen LogP) is 4.82. The van der Waals surface area contributed by atoms with Crippen molar-refractivity contribution in [3.05, 3.63) is 24.0 Å². The Morgan fingerprint density at radius 1 is 1.00 bits per heavy atom. The molecule has 2 N–H and O–H groups in total. The van der Waals surface area contributed by atoms with E-state index >= 15 is 0 Å². The van der Waals surface area contributed by atoms with Gasteiger partial charge in [-0.1, -0.05) is 47.3 Å². The molecule has 7 heteroatoms. The minimum absolute atomic E-state index is 0.0505. The van der Waals surface area contributed by atoms with Crippen LogP contribution >= 0.6 is 0 Å². The van der Waals surface area contributed by atoms with Crippen LogP contribution in [0.3, 0.4) is 0 Å². The Bertz CT molecular complexity index is 813. The summed E-state index contributed by atoms with van der Waals surface area (Å²) in [5.41, 5.74) is -0.418. The maximum absolute atomic E-state index is 12.0. The topological polar surface area (TPSA) is 102 Å². The fourth-order valence-electron chi connectivity index (χ4n) is 6.10. The van der Waals surface area contributed by atoms with Crippen molar-refractivity contribution >= 4 is 23.6 Å². The fraction of sp³-hybridized carbons (Fsp3) is 0.692. The van der Waals surface area contributed by atoms with Gasteiger partial charge in [-0.15, -0.1) is 0 Å². The summed E-state index contributed by atoms with van der Waals surface area (Å²) in [6.45, 7) is 17.0. The second kappa shape index (κ2) is 10.2. The van der Waals surface area contributed by atoms with Crippen LogP contribution in [0.15, 0.2) is 24.0 Å². The Labute approximate surface area is 197 Å². The minimum Gasteiger partial charge on any atom is -0.499 e. The molecule has 2 fully saturated rings. The molecule has 7 nitrogen and oxygen atoms in total. The fourth-order valence-corrected chi connectivity index (χ4v) is 6.10. The van der Waals surface area contributed by atoms with Crippen LogP contribution in [-0.2, 0) is 19.1 Å². The first-order valence-electron chi connectivity index (χ1n) is 12.0. The second-order valence-corrected chi connectivity index (χ2v) is 10.7. The van der Waals surface area contributed by atoms with Crippen molar-refractivity contribution in [1.29, 1.82) is 0 Å². The zero-order chi connectivity index (χ0) is 25.0. The molecule has 1 heterocycles. The summed E-state index contributed by atoms with van der Waals surface area (Å²) in [6.07, 6.45) is 7.34. The van der Waals surface area contributed by atoms with Crippen molar-refractivity contribution in [2.45, 2.75) is 86.5 Å². The van der Waals surface area contributed by atoms with Gasteiger partial charge in [-0.05, 0) is 55.4 Å². The Morgan fingerprint density at radius 2 is 1.55 bits per heavy atom. The van der Waals surface area contributed by atoms with Gasteiger partial charge in [0.15, 0.2) is 0 Å². The number of hydrogen-bond acceptors (Lipinski definition) is 5. The third-order valence-corrected chi connectivity index (χ3v) is 7.12. The monoisotopic (exact) mass is 460 g/mol. The van der Waals surface area contributed by atoms with Crippen molar-refractivity contribution in [3.63, 3.8) is 0 Å². The molecular formula is C26H40N2O5. The lowest BCUT2D eigenvalue weighted by Gasteiger charge is -2.48. The highest BCUT2D eigenvalue weighted by atomic mass is 16.5. The van der Waals surface area contributed by atoms with Gasteiger partial charge in [0, 0.05) is 18.8 Å². The van der Waals surface area contributed by atoms with Gasteiger partial charge in [0.25, 0.3) is 0 Å². The zero-order valence-corrected chi connectivity index (χ0v) is 21.1. The SMILES string of the molecule is C=C(OCC)C1C(C)(C)CC(=O)CC1(C)C.CCC1(C2=CCCCC2)C(=O)NC(=O)NC1=O. The van der Waals surface area contributed by atoms with Crippen molar-refractivity contribution in [2.24, 2.45) is 22.2 Å². The van der Waals surface area contributed by atoms with Gasteiger partial charge >= 0.3 is 6.03 Å². The Hall–Kier alpha value is -2.44. The number of carbonyl (C=O) groups is 4. The molecule has 0 aromatic carbocycles. The van der Waals surface area contributed by atoms with Crippen LogP contribution in [0, 0.1) is 22.2 Å². The lowest BCUT2D eigenvalue weighted by atomic mass is 9.56. The molecule has 0 radical (unpaired) electrons. The van der Waals surface area contributed by atoms with E-state index < -0.39 is 23.3 Å². The van der Waals surface area contributed by atoms with Crippen molar-refractivity contribution in [3.8, 4) is 0 Å². The molecule has 0 unspecified atom stereocenters. The molecule has 0 bridgehead atoms. The molecule has 0 aromatic heterocycles. The normalized spacial score (nSPS) is 24.0. The number of carbonyl (C=O) groups excluding carboxylic acids is 4. The summed E-state index contributed by atoms with van der Waals surface area (Å²) >= 11 is 0. The summed E-state index contributed by atoms with van der Waals surface area (Å²) in [5, 5.41) is 4.40. The van der Waals surface area contributed by atoms with E-state index in [-0.39, 0.29) is 16.7 Å². The van der Waals surface area contributed by atoms with Gasteiger partial charge in [0.2, 0.25) is 11.8 Å². The molecule has 3 rings (SSSR count). The van der Waals surface area contributed by atoms with Crippen molar-refractivity contribution in [1.82, 2.24) is 10.6 Å². The van der Waals surface area contributed by atoms with E-state index in [2.05, 4.69) is 44.9 Å². The first-order valence-corrected chi connectivity index (χ1v) is 12.0. The van der Waals surface area contributed by atoms with Crippen LogP contribution in [-0.4, -0.2) is 30.2 Å². The molecule has 33 heavy (non-hydrogen) atoms. The summed E-state index contributed by atoms with van der Waals surface area (Å²) in [5.74, 6) is 0.474. The summed E-state index contributed by atoms with van der Waals surface area (Å²) in [4.78, 5) is 46.9. The average Bonchev–Trinajstić information content (AvgIpc) is 2.67. The Kier molecular flexibility index (Phi) is 8.31. The molecule has 0 aromatic rings. The highest BCUT2D eigenvalue weighted by Gasteiger charge is 2.51. The average molecular weight is 461 g/mol. The summed E-state index contributed by atoms with van der Waals surface area (Å²) in [6, 6.07) is -0.722. The van der Waals surface area contributed by atoms with Crippen LogP contribution < -0.4 is 10.6 Å². The first kappa shape index (κ1) is 26.8. The predicted molar refractivity (Wildman–Crippen MR) is 127 cm³/mol. The number of barbiturate groups is 1. The number of amides is 4. The van der Waals surface area contributed by atoms with Gasteiger partial charge < -0.3 is 4.74 Å². The standard InChI is InChI=1S/C14H24O2.C12H16N2O3/c1-7-16-10(2)12-13(3,4)8-11(15)9-14(12,5)6;1-2-12(8-6-4-3-5-7-8)9(15)13-11(17)14-10(12)16/h12H,2,7-9H2,1,3-6H3;6H,2-5,7H2,1H3,(H2,13,14,15,16,17). The lowest BCUT2D eigenvalue weighted by Crippen LogP contribution is -2.63. The van der Waals surface area contributed by atoms with Crippen LogP contribution in [0.25, 0.3) is 0 Å². The highest BCUT2D eigenvalue weighted by molar-refractivity contribution is 6.21. The molecule has 1 aliphatic heterocycles. The molecule has 0 atom stereocenters. The number of urea groups is 1. The summed E-state index contributed by atoms with van der Waals surface area (Å²) in [7, 11) is 0. The second-order valence-electron chi connectivity index (χ2n) is 10.7. The first-order chi connectivity index (χ1) is 15.3. The Morgan fingerprint density at radius 3 is 1.97 bits per heavy atom. The van der Waals surface area contributed by atoms with E-state index in [4.69, 9.17) is 4.74 Å². The van der Waals surface area contributed by atoms with Crippen LogP contribution in [0.4, 0.5) is 4.79 Å². The van der Waals surface area contributed by atoms with E-state index in [1.165, 1.54) is 0 Å². The third-order valence-electron chi connectivity index (χ3n) is 7.12. The number of nitrogens with one attached hydrogen (secondary N) is 2. The van der Waals surface area contributed by atoms with E-state index in [0.29, 0.717) is 31.7 Å². The van der Waals surface area contributed by atoms with Gasteiger partial charge in [0.05, 0.1) is 12.4 Å². The van der Waals surface area contributed by atoms with Crippen LogP contribution in [0.5, 0.6) is 0 Å². The maximum Gasteiger partial charge on any atom is 0.328 e. The number of Topliss-reactive ketones (excluding diaryl/α,β-unsaturated/α-hetero) is 1. The zero-order valence-electron chi connectivity index (χ0n) is 21.1. The number of ketones is 1. The third kappa shape index (κ3) is 5.56. The quantitative estimate of drug-likeness (QED) is 0.348. The van der Waals surface area contributed by atoms with Crippen LogP contribution in [0.1, 0.15) is 86.5 Å². The number of imide groups is 2. The lowest BCUT2D eigenvalue weighted by molar-refractivity contribution is -0.142. The Balaban J connectivity index is 0.000000234. The van der Waals surface area contributed by atoms with Gasteiger partial charge in [-0.25, -0.2) is 4.79 Å². The maximum atomic E-state index is 12.0. The molecule has 4 amide bonds. The molecule has 3 aliphatic rings. The molecule has 184 valence electrons. The molecule has 0 spiro atoms. The van der Waals surface area contributed by atoms with Crippen molar-refractivity contribution in [2.75, 3.05) is 6.61 Å². The molecular weight excluding hydrogens is 420 g/mol. The van der Waals surface area contributed by atoms with E-state index in [9.17, 15) is 19.2 Å². The van der Waals surface area contributed by atoms with E-state index in [1.807, 2.05) is 13.0 Å². The largest absolute Gasteiger partial charge is 0.499 e. The number of allylic oxidation sites excluding steroid dienone is 2. The number of ether oxygens (including phenoxy) is 1. The van der Waals surface area contributed by atoms with E-state index in [1.54, 1.807) is 6.92 Å². The minimum atomic E-state index is -1.17. The number of hydrogen-bond donors (Lipinski definition) is 2. The van der Waals surface area contributed by atoms with Gasteiger partial charge in [0.1, 0.15) is 11.2 Å². The van der Waals surface area contributed by atoms with Crippen molar-refractivity contribution < 1.29 is 23.9 Å².